The van der Waals surface area contributed by atoms with E-state index in [2.05, 4.69) is 9.97 Å². The van der Waals surface area contributed by atoms with Gasteiger partial charge in [-0.2, -0.15) is 0 Å². The van der Waals surface area contributed by atoms with E-state index < -0.39 is 0 Å². The highest BCUT2D eigenvalue weighted by Crippen LogP contribution is 2.29. The molecule has 0 amide bonds. The number of benzene rings is 2. The maximum Gasteiger partial charge on any atom is 0.259 e. The van der Waals surface area contributed by atoms with Gasteiger partial charge in [-0.05, 0) is 49.2 Å². The van der Waals surface area contributed by atoms with E-state index in [1.54, 1.807) is 24.3 Å². The zero-order valence-electron chi connectivity index (χ0n) is 13.8. The topological polar surface area (TPSA) is 75.2 Å². The van der Waals surface area contributed by atoms with Crippen molar-refractivity contribution in [2.24, 2.45) is 0 Å². The van der Waals surface area contributed by atoms with Crippen molar-refractivity contribution >= 4 is 33.6 Å². The Bertz CT molecular complexity index is 1020. The van der Waals surface area contributed by atoms with Crippen LogP contribution in [0.4, 0.5) is 0 Å². The van der Waals surface area contributed by atoms with Gasteiger partial charge in [0.25, 0.3) is 5.56 Å². The van der Waals surface area contributed by atoms with Crippen LogP contribution in [0.25, 0.3) is 22.0 Å². The molecule has 0 aliphatic heterocycles. The second-order valence-electron chi connectivity index (χ2n) is 5.54. The molecular formula is C19H17ClN2O3. The molecule has 0 radical (unpaired) electrons. The number of aromatic amines is 1. The lowest BCUT2D eigenvalue weighted by Gasteiger charge is -2.07. The van der Waals surface area contributed by atoms with Gasteiger partial charge < -0.3 is 14.8 Å². The van der Waals surface area contributed by atoms with Crippen LogP contribution in [-0.2, 0) is 0 Å². The predicted molar refractivity (Wildman–Crippen MR) is 100 cm³/mol. The first-order chi connectivity index (χ1) is 12.0. The number of aromatic nitrogens is 2. The third-order valence-corrected chi connectivity index (χ3v) is 4.03. The summed E-state index contributed by atoms with van der Waals surface area (Å²) in [5, 5.41) is 10.6. The highest BCUT2D eigenvalue weighted by molar-refractivity contribution is 6.50. The third kappa shape index (κ3) is 3.51. The fourth-order valence-corrected chi connectivity index (χ4v) is 2.74. The Morgan fingerprint density at radius 1 is 1.36 bits per heavy atom. The van der Waals surface area contributed by atoms with Gasteiger partial charge in [0, 0.05) is 0 Å². The lowest BCUT2D eigenvalue weighted by molar-refractivity contribution is 0.318. The summed E-state index contributed by atoms with van der Waals surface area (Å²) in [6, 6.07) is 10.3. The molecule has 0 saturated carbocycles. The van der Waals surface area contributed by atoms with Gasteiger partial charge >= 0.3 is 0 Å². The quantitative estimate of drug-likeness (QED) is 0.738. The minimum atomic E-state index is -0.240. The minimum absolute atomic E-state index is 0.0583. The van der Waals surface area contributed by atoms with E-state index >= 15 is 0 Å². The molecule has 0 bridgehead atoms. The van der Waals surface area contributed by atoms with Gasteiger partial charge in [0.15, 0.2) is 17.3 Å². The average molecular weight is 357 g/mol. The van der Waals surface area contributed by atoms with Crippen LogP contribution in [0.2, 0.25) is 0 Å². The highest BCUT2D eigenvalue weighted by atomic mass is 35.5. The van der Waals surface area contributed by atoms with E-state index in [0.717, 1.165) is 11.1 Å². The number of phenols is 1. The molecule has 0 saturated heterocycles. The van der Waals surface area contributed by atoms with Crippen LogP contribution in [0.5, 0.6) is 11.5 Å². The summed E-state index contributed by atoms with van der Waals surface area (Å²) >= 11 is 6.36. The number of nitrogens with zero attached hydrogens (tertiary/aromatic N) is 1. The number of fused-ring (bicyclic) bond motifs is 1. The number of phenolic OH excluding ortho intramolecular Hbond substituents is 1. The van der Waals surface area contributed by atoms with E-state index in [1.807, 2.05) is 26.0 Å². The van der Waals surface area contributed by atoms with Crippen molar-refractivity contribution in [3.63, 3.8) is 0 Å². The second kappa shape index (κ2) is 6.99. The first-order valence-electron chi connectivity index (χ1n) is 7.82. The number of H-pyrrole nitrogens is 1. The summed E-state index contributed by atoms with van der Waals surface area (Å²) in [4.78, 5) is 19.4. The molecule has 0 aliphatic carbocycles. The van der Waals surface area contributed by atoms with Crippen LogP contribution in [0.15, 0.2) is 41.2 Å². The van der Waals surface area contributed by atoms with Crippen molar-refractivity contribution in [3.05, 3.63) is 63.7 Å². The first-order valence-corrected chi connectivity index (χ1v) is 8.20. The van der Waals surface area contributed by atoms with Gasteiger partial charge in [-0.3, -0.25) is 4.79 Å². The van der Waals surface area contributed by atoms with Crippen LogP contribution in [0, 0.1) is 6.92 Å². The number of rotatable bonds is 4. The monoisotopic (exact) mass is 356 g/mol. The smallest absolute Gasteiger partial charge is 0.259 e. The van der Waals surface area contributed by atoms with Crippen molar-refractivity contribution in [2.45, 2.75) is 13.8 Å². The van der Waals surface area contributed by atoms with Gasteiger partial charge in [0.05, 0.1) is 22.5 Å². The molecule has 2 aromatic carbocycles. The Morgan fingerprint density at radius 3 is 2.92 bits per heavy atom. The molecule has 0 spiro atoms. The Hall–Kier alpha value is -2.79. The number of nitrogens with one attached hydrogen (secondary N) is 1. The SMILES string of the molecule is CCOc1cc(/C=C(\Cl)c2nc3c(C)cccc3c(=O)[nH]2)ccc1O. The molecule has 0 unspecified atom stereocenters. The first kappa shape index (κ1) is 17.0. The molecule has 0 atom stereocenters. The van der Waals surface area contributed by atoms with E-state index in [1.165, 1.54) is 6.07 Å². The Morgan fingerprint density at radius 2 is 2.16 bits per heavy atom. The number of hydrogen-bond acceptors (Lipinski definition) is 4. The zero-order chi connectivity index (χ0) is 18.0. The lowest BCUT2D eigenvalue weighted by Crippen LogP contribution is -2.11. The molecule has 0 fully saturated rings. The van der Waals surface area contributed by atoms with Gasteiger partial charge in [-0.15, -0.1) is 0 Å². The standard InChI is InChI=1S/C19H17ClN2O3/c1-3-25-16-10-12(7-8-15(16)23)9-14(20)18-21-17-11(2)5-4-6-13(17)19(24)22-18/h4-10,23H,3H2,1-2H3,(H,21,22,24)/b14-9-. The van der Waals surface area contributed by atoms with Gasteiger partial charge in [-0.1, -0.05) is 29.8 Å². The summed E-state index contributed by atoms with van der Waals surface area (Å²) in [5.41, 5.74) is 2.00. The van der Waals surface area contributed by atoms with Crippen molar-refractivity contribution < 1.29 is 9.84 Å². The van der Waals surface area contributed by atoms with E-state index in [-0.39, 0.29) is 16.3 Å². The molecule has 1 aromatic heterocycles. The summed E-state index contributed by atoms with van der Waals surface area (Å²) in [7, 11) is 0. The molecule has 5 nitrogen and oxygen atoms in total. The van der Waals surface area contributed by atoms with Gasteiger partial charge in [0.2, 0.25) is 0 Å². The Kier molecular flexibility index (Phi) is 4.76. The minimum Gasteiger partial charge on any atom is -0.504 e. The van der Waals surface area contributed by atoms with Crippen molar-refractivity contribution in [2.75, 3.05) is 6.61 Å². The number of para-hydroxylation sites is 1. The van der Waals surface area contributed by atoms with Crippen molar-refractivity contribution in [1.82, 2.24) is 9.97 Å². The van der Waals surface area contributed by atoms with Crippen molar-refractivity contribution in [1.29, 1.82) is 0 Å². The molecule has 2 N–H and O–H groups in total. The van der Waals surface area contributed by atoms with Crippen molar-refractivity contribution in [3.8, 4) is 11.5 Å². The molecule has 3 rings (SSSR count). The molecule has 6 heteroatoms. The predicted octanol–water partition coefficient (Wildman–Crippen LogP) is 4.07. The second-order valence-corrected chi connectivity index (χ2v) is 5.95. The summed E-state index contributed by atoms with van der Waals surface area (Å²) < 4.78 is 5.36. The molecule has 128 valence electrons. The van der Waals surface area contributed by atoms with Gasteiger partial charge in [-0.25, -0.2) is 4.98 Å². The molecule has 25 heavy (non-hydrogen) atoms. The molecule has 0 aliphatic rings. The zero-order valence-corrected chi connectivity index (χ0v) is 14.6. The van der Waals surface area contributed by atoms with Crippen LogP contribution in [0.1, 0.15) is 23.9 Å². The maximum absolute atomic E-state index is 12.3. The highest BCUT2D eigenvalue weighted by Gasteiger charge is 2.09. The molecule has 3 aromatic rings. The van der Waals surface area contributed by atoms with E-state index in [0.29, 0.717) is 29.1 Å². The number of aromatic hydroxyl groups is 1. The fraction of sp³-hybridized carbons (Fsp3) is 0.158. The normalized spacial score (nSPS) is 11.7. The van der Waals surface area contributed by atoms with Crippen LogP contribution in [0.3, 0.4) is 0 Å². The lowest BCUT2D eigenvalue weighted by atomic mass is 10.1. The maximum atomic E-state index is 12.3. The summed E-state index contributed by atoms with van der Waals surface area (Å²) in [6.07, 6.45) is 1.66. The Balaban J connectivity index is 2.06. The fourth-order valence-electron chi connectivity index (χ4n) is 2.52. The largest absolute Gasteiger partial charge is 0.504 e. The van der Waals surface area contributed by atoms with Gasteiger partial charge in [0.1, 0.15) is 0 Å². The van der Waals surface area contributed by atoms with Crippen LogP contribution in [-0.4, -0.2) is 21.7 Å². The van der Waals surface area contributed by atoms with E-state index in [9.17, 15) is 9.90 Å². The number of hydrogen-bond donors (Lipinski definition) is 2. The number of ether oxygens (including phenoxy) is 1. The van der Waals surface area contributed by atoms with E-state index in [4.69, 9.17) is 16.3 Å². The molecular weight excluding hydrogens is 340 g/mol. The number of aryl methyl sites for hydroxylation is 1. The molecule has 1 heterocycles. The summed E-state index contributed by atoms with van der Waals surface area (Å²) in [5.74, 6) is 0.721. The Labute approximate surface area is 149 Å². The third-order valence-electron chi connectivity index (χ3n) is 3.74. The number of halogens is 1. The van der Waals surface area contributed by atoms with Crippen LogP contribution >= 0.6 is 11.6 Å². The van der Waals surface area contributed by atoms with Crippen LogP contribution < -0.4 is 10.3 Å². The summed E-state index contributed by atoms with van der Waals surface area (Å²) in [6.45, 7) is 4.17. The average Bonchev–Trinajstić information content (AvgIpc) is 2.59.